The molecule has 0 saturated carbocycles. The van der Waals surface area contributed by atoms with Crippen LogP contribution in [0.15, 0.2) is 5.38 Å². The quantitative estimate of drug-likeness (QED) is 0.725. The minimum absolute atomic E-state index is 0.134. The minimum Gasteiger partial charge on any atom is -0.481 e. The third-order valence-corrected chi connectivity index (χ3v) is 3.03. The molecule has 0 spiro atoms. The number of carboxylic acid groups (broad SMARTS) is 1. The van der Waals surface area contributed by atoms with E-state index in [-0.39, 0.29) is 18.0 Å². The zero-order valence-corrected chi connectivity index (χ0v) is 11.4. The van der Waals surface area contributed by atoms with Gasteiger partial charge >= 0.3 is 5.97 Å². The van der Waals surface area contributed by atoms with Gasteiger partial charge in [0.1, 0.15) is 5.69 Å². The van der Waals surface area contributed by atoms with Gasteiger partial charge < -0.3 is 15.7 Å². The second-order valence-corrected chi connectivity index (χ2v) is 4.75. The first-order valence-electron chi connectivity index (χ1n) is 5.68. The van der Waals surface area contributed by atoms with Gasteiger partial charge in [-0.05, 0) is 6.42 Å². The molecular formula is C11H15N3O4S. The van der Waals surface area contributed by atoms with Gasteiger partial charge in [-0.15, -0.1) is 11.3 Å². The van der Waals surface area contributed by atoms with Gasteiger partial charge in [0.15, 0.2) is 5.13 Å². The molecule has 0 radical (unpaired) electrons. The van der Waals surface area contributed by atoms with Crippen LogP contribution in [0.4, 0.5) is 5.13 Å². The van der Waals surface area contributed by atoms with Gasteiger partial charge in [-0.25, -0.2) is 4.98 Å². The molecule has 0 saturated heterocycles. The summed E-state index contributed by atoms with van der Waals surface area (Å²) in [6.07, 6.45) is 0.381. The first-order valence-corrected chi connectivity index (χ1v) is 6.56. The van der Waals surface area contributed by atoms with E-state index in [9.17, 15) is 14.4 Å². The van der Waals surface area contributed by atoms with Gasteiger partial charge in [0.05, 0.1) is 6.42 Å². The molecule has 0 aliphatic carbocycles. The Morgan fingerprint density at radius 1 is 1.47 bits per heavy atom. The second-order valence-electron chi connectivity index (χ2n) is 3.90. The average molecular weight is 285 g/mol. The van der Waals surface area contributed by atoms with Crippen molar-refractivity contribution in [3.8, 4) is 0 Å². The van der Waals surface area contributed by atoms with Crippen molar-refractivity contribution in [2.75, 3.05) is 5.32 Å². The molecule has 1 aromatic heterocycles. The van der Waals surface area contributed by atoms with Crippen LogP contribution in [-0.4, -0.2) is 33.9 Å². The maximum atomic E-state index is 11.8. The van der Waals surface area contributed by atoms with Crippen molar-refractivity contribution < 1.29 is 19.5 Å². The number of rotatable bonds is 6. The number of carbonyl (C=O) groups excluding carboxylic acids is 2. The molecule has 104 valence electrons. The molecule has 2 amide bonds. The van der Waals surface area contributed by atoms with Crippen molar-refractivity contribution in [2.24, 2.45) is 0 Å². The van der Waals surface area contributed by atoms with Gasteiger partial charge in [0.25, 0.3) is 5.91 Å². The SMILES string of the molecule is CCC(CC(=O)O)NC(=O)c1csc(NC(C)=O)n1. The maximum Gasteiger partial charge on any atom is 0.305 e. The molecular weight excluding hydrogens is 270 g/mol. The van der Waals surface area contributed by atoms with Crippen LogP contribution in [0.2, 0.25) is 0 Å². The van der Waals surface area contributed by atoms with Gasteiger partial charge in [0.2, 0.25) is 5.91 Å². The average Bonchev–Trinajstić information content (AvgIpc) is 2.75. The Labute approximate surface area is 114 Å². The summed E-state index contributed by atoms with van der Waals surface area (Å²) in [5, 5.41) is 15.6. The molecule has 0 bridgehead atoms. The number of hydrogen-bond donors (Lipinski definition) is 3. The summed E-state index contributed by atoms with van der Waals surface area (Å²) < 4.78 is 0. The monoisotopic (exact) mass is 285 g/mol. The number of carboxylic acids is 1. The zero-order valence-electron chi connectivity index (χ0n) is 10.6. The first kappa shape index (κ1) is 15.1. The Kier molecular flexibility index (Phi) is 5.43. The molecule has 0 fully saturated rings. The van der Waals surface area contributed by atoms with Gasteiger partial charge in [0, 0.05) is 18.3 Å². The molecule has 1 atom stereocenters. The topological polar surface area (TPSA) is 108 Å². The Hall–Kier alpha value is -1.96. The summed E-state index contributed by atoms with van der Waals surface area (Å²) >= 11 is 1.13. The standard InChI is InChI=1S/C11H15N3O4S/c1-3-7(4-9(16)17)13-10(18)8-5-19-11(14-8)12-6(2)15/h5,7H,3-4H2,1-2H3,(H,13,18)(H,16,17)(H,12,14,15). The smallest absolute Gasteiger partial charge is 0.305 e. The highest BCUT2D eigenvalue weighted by Gasteiger charge is 2.17. The van der Waals surface area contributed by atoms with E-state index < -0.39 is 17.9 Å². The van der Waals surface area contributed by atoms with Crippen molar-refractivity contribution in [3.05, 3.63) is 11.1 Å². The molecule has 1 unspecified atom stereocenters. The minimum atomic E-state index is -0.968. The summed E-state index contributed by atoms with van der Waals surface area (Å²) in [7, 11) is 0. The van der Waals surface area contributed by atoms with Crippen LogP contribution in [0.3, 0.4) is 0 Å². The Balaban J connectivity index is 2.64. The largest absolute Gasteiger partial charge is 0.481 e. The van der Waals surface area contributed by atoms with Crippen LogP contribution >= 0.6 is 11.3 Å². The van der Waals surface area contributed by atoms with Crippen molar-refractivity contribution in [3.63, 3.8) is 0 Å². The number of amides is 2. The summed E-state index contributed by atoms with van der Waals surface area (Å²) in [6.45, 7) is 3.14. The highest BCUT2D eigenvalue weighted by Crippen LogP contribution is 2.15. The Morgan fingerprint density at radius 2 is 2.16 bits per heavy atom. The third kappa shape index (κ3) is 5.04. The lowest BCUT2D eigenvalue weighted by atomic mass is 10.1. The number of nitrogens with zero attached hydrogens (tertiary/aromatic N) is 1. The van der Waals surface area contributed by atoms with Crippen LogP contribution in [0.5, 0.6) is 0 Å². The number of carbonyl (C=O) groups is 3. The third-order valence-electron chi connectivity index (χ3n) is 2.27. The molecule has 7 nitrogen and oxygen atoms in total. The fourth-order valence-corrected chi connectivity index (χ4v) is 2.09. The molecule has 0 aliphatic rings. The van der Waals surface area contributed by atoms with E-state index in [1.165, 1.54) is 12.3 Å². The van der Waals surface area contributed by atoms with Crippen LogP contribution in [0.25, 0.3) is 0 Å². The molecule has 1 aromatic rings. The van der Waals surface area contributed by atoms with E-state index in [1.807, 2.05) is 0 Å². The molecule has 1 heterocycles. The summed E-state index contributed by atoms with van der Waals surface area (Å²) in [5.74, 6) is -1.68. The van der Waals surface area contributed by atoms with Crippen LogP contribution in [0, 0.1) is 0 Å². The molecule has 19 heavy (non-hydrogen) atoms. The molecule has 0 aromatic carbocycles. The van der Waals surface area contributed by atoms with E-state index in [0.717, 1.165) is 11.3 Å². The van der Waals surface area contributed by atoms with Gasteiger partial charge in [-0.1, -0.05) is 6.92 Å². The Bertz CT molecular complexity index is 486. The lowest BCUT2D eigenvalue weighted by molar-refractivity contribution is -0.137. The number of aromatic nitrogens is 1. The fourth-order valence-electron chi connectivity index (χ4n) is 1.35. The van der Waals surface area contributed by atoms with Gasteiger partial charge in [-0.3, -0.25) is 14.4 Å². The predicted octanol–water partition coefficient (Wildman–Crippen LogP) is 1.08. The lowest BCUT2D eigenvalue weighted by Gasteiger charge is -2.13. The number of anilines is 1. The van der Waals surface area contributed by atoms with Crippen LogP contribution in [-0.2, 0) is 9.59 Å². The summed E-state index contributed by atoms with van der Waals surface area (Å²) in [4.78, 5) is 37.2. The van der Waals surface area contributed by atoms with E-state index in [4.69, 9.17) is 5.11 Å². The van der Waals surface area contributed by atoms with E-state index in [1.54, 1.807) is 6.92 Å². The lowest BCUT2D eigenvalue weighted by Crippen LogP contribution is -2.36. The van der Waals surface area contributed by atoms with E-state index in [2.05, 4.69) is 15.6 Å². The highest BCUT2D eigenvalue weighted by atomic mass is 32.1. The number of nitrogens with one attached hydrogen (secondary N) is 2. The Morgan fingerprint density at radius 3 is 2.68 bits per heavy atom. The van der Waals surface area contributed by atoms with Crippen LogP contribution in [0.1, 0.15) is 37.2 Å². The predicted molar refractivity (Wildman–Crippen MR) is 70.2 cm³/mol. The van der Waals surface area contributed by atoms with Crippen molar-refractivity contribution in [1.82, 2.24) is 10.3 Å². The van der Waals surface area contributed by atoms with E-state index in [0.29, 0.717) is 11.6 Å². The molecule has 0 aliphatic heterocycles. The maximum absolute atomic E-state index is 11.8. The number of thiazole rings is 1. The van der Waals surface area contributed by atoms with Crippen molar-refractivity contribution in [1.29, 1.82) is 0 Å². The highest BCUT2D eigenvalue weighted by molar-refractivity contribution is 7.14. The number of aliphatic carboxylic acids is 1. The summed E-state index contributed by atoms with van der Waals surface area (Å²) in [6, 6.07) is -0.434. The van der Waals surface area contributed by atoms with Crippen molar-refractivity contribution in [2.45, 2.75) is 32.7 Å². The van der Waals surface area contributed by atoms with Crippen molar-refractivity contribution >= 4 is 34.3 Å². The summed E-state index contributed by atoms with van der Waals surface area (Å²) in [5.41, 5.74) is 0.164. The van der Waals surface area contributed by atoms with Gasteiger partial charge in [-0.2, -0.15) is 0 Å². The molecule has 1 rings (SSSR count). The second kappa shape index (κ2) is 6.83. The zero-order chi connectivity index (χ0) is 14.4. The normalized spacial score (nSPS) is 11.7. The number of hydrogen-bond acceptors (Lipinski definition) is 5. The fraction of sp³-hybridized carbons (Fsp3) is 0.455. The molecule has 3 N–H and O–H groups in total. The first-order chi connectivity index (χ1) is 8.92. The molecule has 8 heteroatoms. The van der Waals surface area contributed by atoms with E-state index >= 15 is 0 Å². The van der Waals surface area contributed by atoms with Crippen LogP contribution < -0.4 is 10.6 Å².